The lowest BCUT2D eigenvalue weighted by molar-refractivity contribution is 0.361. The van der Waals surface area contributed by atoms with Crippen LogP contribution in [0, 0.1) is 5.92 Å². The first-order chi connectivity index (χ1) is 11.8. The van der Waals surface area contributed by atoms with E-state index in [1.54, 1.807) is 6.20 Å². The molecule has 0 unspecified atom stereocenters. The fraction of sp³-hybridized carbons (Fsp3) is 0.350. The van der Waals surface area contributed by atoms with Gasteiger partial charge in [-0.05, 0) is 55.9 Å². The summed E-state index contributed by atoms with van der Waals surface area (Å²) in [6.07, 6.45) is 8.58. The molecule has 1 N–H and O–H groups in total. The molecule has 1 saturated carbocycles. The van der Waals surface area contributed by atoms with E-state index in [9.17, 15) is 0 Å². The summed E-state index contributed by atoms with van der Waals surface area (Å²) < 4.78 is 0. The minimum atomic E-state index is 0.501. The lowest BCUT2D eigenvalue weighted by atomic mass is 9.87. The van der Waals surface area contributed by atoms with E-state index in [2.05, 4.69) is 23.3 Å². The number of anilines is 1. The summed E-state index contributed by atoms with van der Waals surface area (Å²) in [7, 11) is 0. The number of hydrogen-bond acceptors (Lipinski definition) is 4. The fourth-order valence-corrected chi connectivity index (χ4v) is 3.41. The molecule has 0 aliphatic heterocycles. The second kappa shape index (κ2) is 6.56. The normalized spacial score (nSPS) is 20.9. The highest BCUT2D eigenvalue weighted by Gasteiger charge is 2.19. The van der Waals surface area contributed by atoms with Gasteiger partial charge in [0.15, 0.2) is 5.82 Å². The molecule has 0 amide bonds. The minimum Gasteiger partial charge on any atom is -0.367 e. The standard InChI is InChI=1S/C20H22N4/c1-14-8-10-16(11-9-14)22-20-17-6-2-3-7-18(17)23-19(24-20)15-5-4-12-21-13-15/h2-7,12-14,16H,8-11H2,1H3,(H,22,23,24). The Kier molecular flexibility index (Phi) is 4.11. The summed E-state index contributed by atoms with van der Waals surface area (Å²) in [5.41, 5.74) is 1.92. The highest BCUT2D eigenvalue weighted by Crippen LogP contribution is 2.29. The predicted molar refractivity (Wildman–Crippen MR) is 97.8 cm³/mol. The Bertz CT molecular complexity index is 823. The Balaban J connectivity index is 1.72. The van der Waals surface area contributed by atoms with Crippen LogP contribution in [-0.4, -0.2) is 21.0 Å². The topological polar surface area (TPSA) is 50.7 Å². The van der Waals surface area contributed by atoms with Crippen LogP contribution < -0.4 is 5.32 Å². The number of nitrogens with one attached hydrogen (secondary N) is 1. The quantitative estimate of drug-likeness (QED) is 0.761. The second-order valence-corrected chi connectivity index (χ2v) is 6.76. The van der Waals surface area contributed by atoms with Gasteiger partial charge in [-0.15, -0.1) is 0 Å². The summed E-state index contributed by atoms with van der Waals surface area (Å²) in [5, 5.41) is 4.77. The van der Waals surface area contributed by atoms with Gasteiger partial charge in [0.05, 0.1) is 5.52 Å². The molecule has 0 spiro atoms. The van der Waals surface area contributed by atoms with Crippen LogP contribution >= 0.6 is 0 Å². The molecule has 0 saturated heterocycles. The molecule has 1 aromatic carbocycles. The maximum atomic E-state index is 4.82. The molecule has 122 valence electrons. The Morgan fingerprint density at radius 1 is 0.958 bits per heavy atom. The first kappa shape index (κ1) is 15.1. The van der Waals surface area contributed by atoms with Crippen molar-refractivity contribution >= 4 is 16.7 Å². The number of pyridine rings is 1. The molecule has 4 rings (SSSR count). The van der Waals surface area contributed by atoms with Crippen LogP contribution in [0.2, 0.25) is 0 Å². The van der Waals surface area contributed by atoms with Gasteiger partial charge in [0.1, 0.15) is 5.82 Å². The summed E-state index contributed by atoms with van der Waals surface area (Å²) in [6.45, 7) is 2.34. The molecule has 0 atom stereocenters. The molecule has 1 aliphatic rings. The van der Waals surface area contributed by atoms with Crippen LogP contribution in [-0.2, 0) is 0 Å². The number of hydrogen-bond donors (Lipinski definition) is 1. The SMILES string of the molecule is CC1CCC(Nc2nc(-c3cccnc3)nc3ccccc23)CC1. The van der Waals surface area contributed by atoms with E-state index in [4.69, 9.17) is 9.97 Å². The van der Waals surface area contributed by atoms with E-state index in [-0.39, 0.29) is 0 Å². The largest absolute Gasteiger partial charge is 0.367 e. The molecular formula is C20H22N4. The number of aromatic nitrogens is 3. The zero-order chi connectivity index (χ0) is 16.4. The molecule has 0 bridgehead atoms. The third-order valence-electron chi connectivity index (χ3n) is 4.88. The summed E-state index contributed by atoms with van der Waals surface area (Å²) in [4.78, 5) is 13.7. The molecule has 1 aliphatic carbocycles. The Morgan fingerprint density at radius 3 is 2.58 bits per heavy atom. The van der Waals surface area contributed by atoms with Gasteiger partial charge < -0.3 is 5.32 Å². The first-order valence-electron chi connectivity index (χ1n) is 8.73. The Labute approximate surface area is 142 Å². The molecule has 4 nitrogen and oxygen atoms in total. The highest BCUT2D eigenvalue weighted by molar-refractivity contribution is 5.90. The summed E-state index contributed by atoms with van der Waals surface area (Å²) in [5.74, 6) is 2.52. The monoisotopic (exact) mass is 318 g/mol. The van der Waals surface area contributed by atoms with Crippen molar-refractivity contribution in [3.05, 3.63) is 48.8 Å². The van der Waals surface area contributed by atoms with Crippen LogP contribution in [0.5, 0.6) is 0 Å². The molecule has 2 heterocycles. The number of fused-ring (bicyclic) bond motifs is 1. The van der Waals surface area contributed by atoms with E-state index < -0.39 is 0 Å². The zero-order valence-electron chi connectivity index (χ0n) is 13.9. The van der Waals surface area contributed by atoms with Crippen molar-refractivity contribution in [3.8, 4) is 11.4 Å². The molecular weight excluding hydrogens is 296 g/mol. The third kappa shape index (κ3) is 3.09. The Morgan fingerprint density at radius 2 is 1.79 bits per heavy atom. The van der Waals surface area contributed by atoms with Crippen molar-refractivity contribution in [2.24, 2.45) is 5.92 Å². The molecule has 24 heavy (non-hydrogen) atoms. The van der Waals surface area contributed by atoms with E-state index in [1.165, 1.54) is 25.7 Å². The predicted octanol–water partition coefficient (Wildman–Crippen LogP) is 4.68. The Hall–Kier alpha value is -2.49. The third-order valence-corrected chi connectivity index (χ3v) is 4.88. The van der Waals surface area contributed by atoms with Gasteiger partial charge in [0.25, 0.3) is 0 Å². The maximum Gasteiger partial charge on any atom is 0.163 e. The molecule has 1 fully saturated rings. The van der Waals surface area contributed by atoms with Gasteiger partial charge in [-0.3, -0.25) is 4.98 Å². The van der Waals surface area contributed by atoms with Crippen molar-refractivity contribution < 1.29 is 0 Å². The molecule has 4 heteroatoms. The van der Waals surface area contributed by atoms with Crippen LogP contribution in [0.3, 0.4) is 0 Å². The highest BCUT2D eigenvalue weighted by atomic mass is 15.1. The minimum absolute atomic E-state index is 0.501. The van der Waals surface area contributed by atoms with Gasteiger partial charge >= 0.3 is 0 Å². The lowest BCUT2D eigenvalue weighted by Gasteiger charge is -2.27. The molecule has 3 aromatic rings. The van der Waals surface area contributed by atoms with Crippen molar-refractivity contribution in [2.45, 2.75) is 38.6 Å². The van der Waals surface area contributed by atoms with E-state index >= 15 is 0 Å². The van der Waals surface area contributed by atoms with E-state index in [1.807, 2.05) is 36.5 Å². The molecule has 0 radical (unpaired) electrons. The smallest absolute Gasteiger partial charge is 0.163 e. The first-order valence-corrected chi connectivity index (χ1v) is 8.73. The van der Waals surface area contributed by atoms with Crippen LogP contribution in [0.1, 0.15) is 32.6 Å². The van der Waals surface area contributed by atoms with Gasteiger partial charge in [0, 0.05) is 29.4 Å². The number of benzene rings is 1. The number of rotatable bonds is 3. The van der Waals surface area contributed by atoms with Gasteiger partial charge in [-0.1, -0.05) is 19.1 Å². The van der Waals surface area contributed by atoms with Gasteiger partial charge in [-0.25, -0.2) is 9.97 Å². The van der Waals surface area contributed by atoms with Crippen molar-refractivity contribution in [2.75, 3.05) is 5.32 Å². The van der Waals surface area contributed by atoms with Crippen molar-refractivity contribution in [3.63, 3.8) is 0 Å². The van der Waals surface area contributed by atoms with Gasteiger partial charge in [-0.2, -0.15) is 0 Å². The van der Waals surface area contributed by atoms with Crippen LogP contribution in [0.15, 0.2) is 48.8 Å². The number of para-hydroxylation sites is 1. The number of nitrogens with zero attached hydrogens (tertiary/aromatic N) is 3. The van der Waals surface area contributed by atoms with Crippen LogP contribution in [0.25, 0.3) is 22.3 Å². The maximum absolute atomic E-state index is 4.82. The second-order valence-electron chi connectivity index (χ2n) is 6.76. The van der Waals surface area contributed by atoms with Crippen LogP contribution in [0.4, 0.5) is 5.82 Å². The zero-order valence-corrected chi connectivity index (χ0v) is 13.9. The van der Waals surface area contributed by atoms with Gasteiger partial charge in [0.2, 0.25) is 0 Å². The van der Waals surface area contributed by atoms with Crippen molar-refractivity contribution in [1.82, 2.24) is 15.0 Å². The fourth-order valence-electron chi connectivity index (χ4n) is 3.41. The molecule has 2 aromatic heterocycles. The summed E-state index contributed by atoms with van der Waals surface area (Å²) >= 11 is 0. The summed E-state index contributed by atoms with van der Waals surface area (Å²) in [6, 6.07) is 12.6. The van der Waals surface area contributed by atoms with E-state index in [0.717, 1.165) is 34.0 Å². The average molecular weight is 318 g/mol. The van der Waals surface area contributed by atoms with E-state index in [0.29, 0.717) is 6.04 Å². The lowest BCUT2D eigenvalue weighted by Crippen LogP contribution is -2.25. The van der Waals surface area contributed by atoms with Crippen molar-refractivity contribution in [1.29, 1.82) is 0 Å². The average Bonchev–Trinajstić information content (AvgIpc) is 2.64.